The molecular weight excluding hydrogens is 288 g/mol. The number of nitrogens with zero attached hydrogens (tertiary/aromatic N) is 2. The van der Waals surface area contributed by atoms with E-state index in [2.05, 4.69) is 0 Å². The highest BCUT2D eigenvalue weighted by molar-refractivity contribution is 7.91. The molecule has 0 N–H and O–H groups in total. The maximum absolute atomic E-state index is 11.8. The number of ether oxygens (including phenoxy) is 1. The van der Waals surface area contributed by atoms with E-state index in [1.165, 1.54) is 29.2 Å². The van der Waals surface area contributed by atoms with Crippen LogP contribution in [0.3, 0.4) is 0 Å². The molecule has 2 rings (SSSR count). The van der Waals surface area contributed by atoms with Gasteiger partial charge < -0.3 is 9.64 Å². The quantitative estimate of drug-likeness (QED) is 0.591. The highest BCUT2D eigenvalue weighted by Gasteiger charge is 2.26. The van der Waals surface area contributed by atoms with Crippen molar-refractivity contribution in [3.8, 4) is 5.75 Å². The Labute approximate surface area is 115 Å². The van der Waals surface area contributed by atoms with E-state index < -0.39 is 20.9 Å². The summed E-state index contributed by atoms with van der Waals surface area (Å²) in [5.74, 6) is 0.0130. The molecule has 108 valence electrons. The van der Waals surface area contributed by atoms with Crippen molar-refractivity contribution in [3.05, 3.63) is 34.4 Å². The fraction of sp³-hybridized carbons (Fsp3) is 0.364. The van der Waals surface area contributed by atoms with Gasteiger partial charge in [-0.25, -0.2) is 13.2 Å². The molecule has 0 unspecified atom stereocenters. The summed E-state index contributed by atoms with van der Waals surface area (Å²) in [7, 11) is -3.06. The molecule has 0 saturated carbocycles. The summed E-state index contributed by atoms with van der Waals surface area (Å²) >= 11 is 0. The first-order valence-electron chi connectivity index (χ1n) is 5.79. The zero-order valence-corrected chi connectivity index (χ0v) is 11.2. The summed E-state index contributed by atoms with van der Waals surface area (Å²) in [5.41, 5.74) is -0.103. The van der Waals surface area contributed by atoms with Gasteiger partial charge in [0.1, 0.15) is 5.75 Å². The van der Waals surface area contributed by atoms with E-state index in [4.69, 9.17) is 4.74 Å². The third kappa shape index (κ3) is 3.44. The molecule has 0 aromatic heterocycles. The molecule has 0 atom stereocenters. The fourth-order valence-corrected chi connectivity index (χ4v) is 2.90. The molecule has 20 heavy (non-hydrogen) atoms. The van der Waals surface area contributed by atoms with Crippen LogP contribution in [0.2, 0.25) is 0 Å². The van der Waals surface area contributed by atoms with E-state index in [9.17, 15) is 23.3 Å². The lowest BCUT2D eigenvalue weighted by Gasteiger charge is -2.25. The van der Waals surface area contributed by atoms with Gasteiger partial charge in [-0.2, -0.15) is 0 Å². The van der Waals surface area contributed by atoms with Gasteiger partial charge in [0.15, 0.2) is 9.84 Å². The van der Waals surface area contributed by atoms with E-state index in [1.807, 2.05) is 0 Å². The van der Waals surface area contributed by atoms with Gasteiger partial charge >= 0.3 is 6.09 Å². The van der Waals surface area contributed by atoms with Gasteiger partial charge in [0.05, 0.1) is 16.4 Å². The number of hydrogen-bond acceptors (Lipinski definition) is 6. The van der Waals surface area contributed by atoms with E-state index in [0.717, 1.165) is 0 Å². The van der Waals surface area contributed by atoms with Crippen molar-refractivity contribution in [1.82, 2.24) is 4.90 Å². The predicted octanol–water partition coefficient (Wildman–Crippen LogP) is 0.824. The number of amides is 1. The van der Waals surface area contributed by atoms with E-state index >= 15 is 0 Å². The van der Waals surface area contributed by atoms with Crippen molar-refractivity contribution in [1.29, 1.82) is 0 Å². The van der Waals surface area contributed by atoms with Crippen LogP contribution in [-0.4, -0.2) is 48.9 Å². The van der Waals surface area contributed by atoms with Crippen molar-refractivity contribution in [2.45, 2.75) is 0 Å². The summed E-state index contributed by atoms with van der Waals surface area (Å²) in [5, 5.41) is 10.5. The average Bonchev–Trinajstić information content (AvgIpc) is 2.39. The predicted molar refractivity (Wildman–Crippen MR) is 69.3 cm³/mol. The van der Waals surface area contributed by atoms with Crippen LogP contribution in [0, 0.1) is 10.1 Å². The molecule has 0 spiro atoms. The first kappa shape index (κ1) is 14.3. The zero-order valence-electron chi connectivity index (χ0n) is 10.4. The Morgan fingerprint density at radius 3 is 2.25 bits per heavy atom. The Morgan fingerprint density at radius 1 is 1.20 bits per heavy atom. The van der Waals surface area contributed by atoms with Crippen molar-refractivity contribution in [2.75, 3.05) is 24.6 Å². The van der Waals surface area contributed by atoms with Crippen LogP contribution < -0.4 is 4.74 Å². The molecule has 8 nitrogen and oxygen atoms in total. The second-order valence-corrected chi connectivity index (χ2v) is 6.56. The van der Waals surface area contributed by atoms with Crippen LogP contribution in [-0.2, 0) is 9.84 Å². The minimum atomic E-state index is -3.06. The molecule has 1 aliphatic heterocycles. The van der Waals surface area contributed by atoms with Crippen molar-refractivity contribution < 1.29 is 22.9 Å². The highest BCUT2D eigenvalue weighted by Crippen LogP contribution is 2.18. The molecule has 0 aliphatic carbocycles. The molecule has 1 aromatic rings. The number of sulfone groups is 1. The molecule has 0 radical (unpaired) electrons. The lowest BCUT2D eigenvalue weighted by Crippen LogP contribution is -2.44. The van der Waals surface area contributed by atoms with Gasteiger partial charge in [0.25, 0.3) is 5.69 Å². The first-order valence-corrected chi connectivity index (χ1v) is 7.61. The summed E-state index contributed by atoms with van der Waals surface area (Å²) in [6.45, 7) is 0.183. The Balaban J connectivity index is 1.96. The number of hydrogen-bond donors (Lipinski definition) is 0. The minimum absolute atomic E-state index is 0.0810. The lowest BCUT2D eigenvalue weighted by molar-refractivity contribution is -0.384. The average molecular weight is 300 g/mol. The highest BCUT2D eigenvalue weighted by atomic mass is 32.2. The molecule has 0 bridgehead atoms. The second kappa shape index (κ2) is 5.45. The number of carbonyl (C=O) groups is 1. The number of benzene rings is 1. The maximum Gasteiger partial charge on any atom is 0.415 e. The molecular formula is C11H12N2O6S. The molecule has 1 heterocycles. The summed E-state index contributed by atoms with van der Waals surface area (Å²) in [6, 6.07) is 5.08. The Kier molecular flexibility index (Phi) is 3.89. The monoisotopic (exact) mass is 300 g/mol. The third-order valence-corrected chi connectivity index (χ3v) is 4.46. The SMILES string of the molecule is O=C(Oc1ccc([N+](=O)[O-])cc1)N1CCS(=O)(=O)CC1. The van der Waals surface area contributed by atoms with Crippen molar-refractivity contribution in [2.24, 2.45) is 0 Å². The van der Waals surface area contributed by atoms with Gasteiger partial charge in [-0.3, -0.25) is 10.1 Å². The van der Waals surface area contributed by atoms with Crippen molar-refractivity contribution in [3.63, 3.8) is 0 Å². The molecule has 1 aliphatic rings. The third-order valence-electron chi connectivity index (χ3n) is 2.86. The molecule has 1 amide bonds. The summed E-state index contributed by atoms with van der Waals surface area (Å²) in [4.78, 5) is 23.0. The van der Waals surface area contributed by atoms with Gasteiger partial charge in [0, 0.05) is 25.2 Å². The minimum Gasteiger partial charge on any atom is -0.410 e. The number of non-ortho nitro benzene ring substituents is 1. The second-order valence-electron chi connectivity index (χ2n) is 4.26. The first-order chi connectivity index (χ1) is 9.37. The zero-order chi connectivity index (χ0) is 14.8. The fourth-order valence-electron chi connectivity index (χ4n) is 1.70. The van der Waals surface area contributed by atoms with Crippen LogP contribution in [0.15, 0.2) is 24.3 Å². The number of rotatable bonds is 2. The Morgan fingerprint density at radius 2 is 1.75 bits per heavy atom. The van der Waals surface area contributed by atoms with Gasteiger partial charge in [-0.05, 0) is 12.1 Å². The van der Waals surface area contributed by atoms with Crippen LogP contribution in [0.5, 0.6) is 5.75 Å². The summed E-state index contributed by atoms with van der Waals surface area (Å²) < 4.78 is 27.5. The number of nitro groups is 1. The molecule has 1 saturated heterocycles. The van der Waals surface area contributed by atoms with E-state index in [1.54, 1.807) is 0 Å². The Hall–Kier alpha value is -2.16. The Bertz CT molecular complexity index is 611. The van der Waals surface area contributed by atoms with Crippen molar-refractivity contribution >= 4 is 21.6 Å². The topological polar surface area (TPSA) is 107 Å². The number of carbonyl (C=O) groups excluding carboxylic acids is 1. The van der Waals surface area contributed by atoms with Gasteiger partial charge in [0.2, 0.25) is 0 Å². The van der Waals surface area contributed by atoms with E-state index in [-0.39, 0.29) is 36.0 Å². The van der Waals surface area contributed by atoms with Gasteiger partial charge in [-0.15, -0.1) is 0 Å². The van der Waals surface area contributed by atoms with Crippen LogP contribution >= 0.6 is 0 Å². The van der Waals surface area contributed by atoms with Crippen LogP contribution in [0.1, 0.15) is 0 Å². The lowest BCUT2D eigenvalue weighted by atomic mass is 10.3. The molecule has 9 heteroatoms. The normalized spacial score (nSPS) is 17.5. The maximum atomic E-state index is 11.8. The van der Waals surface area contributed by atoms with E-state index in [0.29, 0.717) is 0 Å². The standard InChI is InChI=1S/C11H12N2O6S/c14-11(12-5-7-20(17,18)8-6-12)19-10-3-1-9(2-4-10)13(15)16/h1-4H,5-8H2. The summed E-state index contributed by atoms with van der Waals surface area (Å²) in [6.07, 6.45) is -0.659. The van der Waals surface area contributed by atoms with Gasteiger partial charge in [-0.1, -0.05) is 0 Å². The number of nitro benzene ring substituents is 1. The smallest absolute Gasteiger partial charge is 0.410 e. The van der Waals surface area contributed by atoms with Crippen LogP contribution in [0.25, 0.3) is 0 Å². The van der Waals surface area contributed by atoms with Crippen LogP contribution in [0.4, 0.5) is 10.5 Å². The molecule has 1 aromatic carbocycles. The largest absolute Gasteiger partial charge is 0.415 e. The molecule has 1 fully saturated rings.